The van der Waals surface area contributed by atoms with Crippen LogP contribution in [-0.2, 0) is 9.63 Å². The van der Waals surface area contributed by atoms with Crippen LogP contribution in [0.1, 0.15) is 20.8 Å². The van der Waals surface area contributed by atoms with Gasteiger partial charge in [-0.3, -0.25) is 19.2 Å². The van der Waals surface area contributed by atoms with Gasteiger partial charge in [-0.1, -0.05) is 23.2 Å². The van der Waals surface area contributed by atoms with Gasteiger partial charge in [0.15, 0.2) is 12.4 Å². The maximum Gasteiger partial charge on any atom is 0.277 e. The minimum Gasteiger partial charge on any atom is -0.357 e. The molecule has 2 heterocycles. The third-order valence-corrected chi connectivity index (χ3v) is 5.56. The smallest absolute Gasteiger partial charge is 0.277 e. The molecule has 172 valence electrons. The number of aromatic nitrogens is 3. The summed E-state index contributed by atoms with van der Waals surface area (Å²) >= 11 is 18.8. The van der Waals surface area contributed by atoms with Gasteiger partial charge in [-0.05, 0) is 56.1 Å². The summed E-state index contributed by atoms with van der Waals surface area (Å²) in [6.07, 6.45) is 1.51. The number of hydrogen-bond donors (Lipinski definition) is 3. The maximum atomic E-state index is 13.2. The van der Waals surface area contributed by atoms with Gasteiger partial charge >= 0.3 is 0 Å². The van der Waals surface area contributed by atoms with E-state index in [1.54, 1.807) is 12.1 Å². The molecule has 3 rings (SSSR count). The standard InChI is InChI=1S/C19H14Br2Cl2N6O4/c1-24-15(30)8-33-28-18(31)10-5-9(22)6-11(20)16(10)26-19(32)13-7-14(21)27-29(13)17-12(23)3-2-4-25-17/h2-7H,8H2,1H3,(H,24,30)(H,26,32)(H,28,31). The van der Waals surface area contributed by atoms with Crippen molar-refractivity contribution in [3.8, 4) is 5.82 Å². The fourth-order valence-corrected chi connectivity index (χ4v) is 4.05. The number of nitrogens with zero attached hydrogens (tertiary/aromatic N) is 3. The minimum absolute atomic E-state index is 0.0133. The number of pyridine rings is 1. The Balaban J connectivity index is 1.92. The molecule has 0 radical (unpaired) electrons. The molecule has 33 heavy (non-hydrogen) atoms. The molecule has 0 unspecified atom stereocenters. The highest BCUT2D eigenvalue weighted by Crippen LogP contribution is 2.31. The molecule has 0 aliphatic carbocycles. The van der Waals surface area contributed by atoms with Crippen LogP contribution < -0.4 is 16.1 Å². The van der Waals surface area contributed by atoms with Crippen LogP contribution in [0.5, 0.6) is 0 Å². The lowest BCUT2D eigenvalue weighted by molar-refractivity contribution is -0.126. The minimum atomic E-state index is -0.736. The zero-order valence-electron chi connectivity index (χ0n) is 16.7. The zero-order valence-corrected chi connectivity index (χ0v) is 21.3. The van der Waals surface area contributed by atoms with Crippen molar-refractivity contribution in [1.82, 2.24) is 25.6 Å². The fourth-order valence-electron chi connectivity index (χ4n) is 2.56. The molecule has 0 bridgehead atoms. The molecule has 14 heteroatoms. The highest BCUT2D eigenvalue weighted by atomic mass is 79.9. The number of benzene rings is 1. The number of anilines is 1. The van der Waals surface area contributed by atoms with E-state index in [0.717, 1.165) is 0 Å². The predicted octanol–water partition coefficient (Wildman–Crippen LogP) is 3.76. The van der Waals surface area contributed by atoms with Crippen LogP contribution in [0, 0.1) is 0 Å². The Bertz CT molecular complexity index is 1240. The molecule has 0 atom stereocenters. The first kappa shape index (κ1) is 25.1. The Hall–Kier alpha value is -2.51. The first-order valence-electron chi connectivity index (χ1n) is 9.00. The SMILES string of the molecule is CNC(=O)CONC(=O)c1cc(Cl)cc(Br)c1NC(=O)c1cc(Br)nn1-c1ncccc1Cl. The van der Waals surface area contributed by atoms with Crippen LogP contribution in [0.3, 0.4) is 0 Å². The van der Waals surface area contributed by atoms with Gasteiger partial charge in [-0.2, -0.15) is 5.10 Å². The lowest BCUT2D eigenvalue weighted by Crippen LogP contribution is -2.31. The molecule has 0 saturated carbocycles. The summed E-state index contributed by atoms with van der Waals surface area (Å²) in [5.41, 5.74) is 2.33. The van der Waals surface area contributed by atoms with E-state index in [-0.39, 0.29) is 32.8 Å². The number of rotatable bonds is 7. The number of hydroxylamine groups is 1. The highest BCUT2D eigenvalue weighted by Gasteiger charge is 2.23. The number of halogens is 4. The van der Waals surface area contributed by atoms with Gasteiger partial charge in [0.2, 0.25) is 5.91 Å². The van der Waals surface area contributed by atoms with E-state index in [9.17, 15) is 14.4 Å². The Labute approximate surface area is 214 Å². The van der Waals surface area contributed by atoms with Gasteiger partial charge in [0.05, 0.1) is 16.3 Å². The van der Waals surface area contributed by atoms with Gasteiger partial charge < -0.3 is 10.6 Å². The number of likely N-dealkylation sites (N-methyl/N-ethyl adjacent to an activating group) is 1. The van der Waals surface area contributed by atoms with Crippen molar-refractivity contribution in [1.29, 1.82) is 0 Å². The van der Waals surface area contributed by atoms with E-state index >= 15 is 0 Å². The average molecular weight is 621 g/mol. The van der Waals surface area contributed by atoms with E-state index < -0.39 is 24.3 Å². The molecule has 3 aromatic rings. The van der Waals surface area contributed by atoms with E-state index in [0.29, 0.717) is 9.08 Å². The molecule has 10 nitrogen and oxygen atoms in total. The number of amides is 3. The molecule has 0 saturated heterocycles. The summed E-state index contributed by atoms with van der Waals surface area (Å²) in [5.74, 6) is -1.55. The number of hydrogen-bond acceptors (Lipinski definition) is 6. The van der Waals surface area contributed by atoms with Crippen LogP contribution in [-0.4, -0.2) is 46.1 Å². The normalized spacial score (nSPS) is 10.6. The summed E-state index contributed by atoms with van der Waals surface area (Å²) in [4.78, 5) is 46.1. The fraction of sp³-hybridized carbons (Fsp3) is 0.105. The Kier molecular flexibility index (Phi) is 8.43. The highest BCUT2D eigenvalue weighted by molar-refractivity contribution is 9.10. The van der Waals surface area contributed by atoms with Gasteiger partial charge in [-0.25, -0.2) is 15.1 Å². The van der Waals surface area contributed by atoms with Crippen LogP contribution in [0.4, 0.5) is 5.69 Å². The first-order valence-corrected chi connectivity index (χ1v) is 11.3. The molecular weight excluding hydrogens is 607 g/mol. The van der Waals surface area contributed by atoms with Crippen molar-refractivity contribution < 1.29 is 19.2 Å². The molecule has 3 amide bonds. The van der Waals surface area contributed by atoms with E-state index in [2.05, 4.69) is 58.1 Å². The van der Waals surface area contributed by atoms with Crippen molar-refractivity contribution in [3.05, 3.63) is 66.9 Å². The molecular formula is C19H14Br2Cl2N6O4. The van der Waals surface area contributed by atoms with Crippen LogP contribution in [0.2, 0.25) is 10.0 Å². The second-order valence-electron chi connectivity index (χ2n) is 6.23. The number of nitrogens with one attached hydrogen (secondary N) is 3. The molecule has 0 spiro atoms. The Morgan fingerprint density at radius 2 is 1.91 bits per heavy atom. The average Bonchev–Trinajstić information content (AvgIpc) is 3.16. The van der Waals surface area contributed by atoms with Crippen molar-refractivity contribution in [2.24, 2.45) is 0 Å². The Morgan fingerprint density at radius 1 is 1.15 bits per heavy atom. The summed E-state index contributed by atoms with van der Waals surface area (Å²) in [5, 5.41) is 9.74. The second kappa shape index (κ2) is 11.1. The third kappa shape index (κ3) is 6.09. The third-order valence-electron chi connectivity index (χ3n) is 4.04. The van der Waals surface area contributed by atoms with Gasteiger partial charge in [0, 0.05) is 28.8 Å². The van der Waals surface area contributed by atoms with Crippen molar-refractivity contribution >= 4 is 78.5 Å². The molecule has 0 aliphatic heterocycles. The largest absolute Gasteiger partial charge is 0.357 e. The summed E-state index contributed by atoms with van der Waals surface area (Å²) < 4.78 is 1.96. The lowest BCUT2D eigenvalue weighted by Gasteiger charge is -2.14. The van der Waals surface area contributed by atoms with Crippen LogP contribution in [0.25, 0.3) is 5.82 Å². The molecule has 1 aromatic carbocycles. The molecule has 3 N–H and O–H groups in total. The second-order valence-corrected chi connectivity index (χ2v) is 8.74. The van der Waals surface area contributed by atoms with Crippen molar-refractivity contribution in [3.63, 3.8) is 0 Å². The quantitative estimate of drug-likeness (QED) is 0.345. The van der Waals surface area contributed by atoms with Crippen molar-refractivity contribution in [2.75, 3.05) is 19.0 Å². The Morgan fingerprint density at radius 3 is 2.61 bits per heavy atom. The summed E-state index contributed by atoms with van der Waals surface area (Å²) in [7, 11) is 1.43. The van der Waals surface area contributed by atoms with E-state index in [1.807, 2.05) is 0 Å². The number of carbonyl (C=O) groups excluding carboxylic acids is 3. The van der Waals surface area contributed by atoms with Crippen LogP contribution in [0.15, 0.2) is 45.6 Å². The molecule has 2 aromatic heterocycles. The first-order chi connectivity index (χ1) is 15.7. The van der Waals surface area contributed by atoms with Gasteiger partial charge in [0.1, 0.15) is 10.3 Å². The summed E-state index contributed by atoms with van der Waals surface area (Å²) in [6.45, 7) is -0.399. The van der Waals surface area contributed by atoms with Gasteiger partial charge in [0.25, 0.3) is 11.8 Å². The van der Waals surface area contributed by atoms with Gasteiger partial charge in [-0.15, -0.1) is 0 Å². The van der Waals surface area contributed by atoms with E-state index in [1.165, 1.54) is 36.1 Å². The van der Waals surface area contributed by atoms with Crippen LogP contribution >= 0.6 is 55.1 Å². The molecule has 0 aliphatic rings. The lowest BCUT2D eigenvalue weighted by atomic mass is 10.1. The maximum absolute atomic E-state index is 13.2. The topological polar surface area (TPSA) is 127 Å². The number of carbonyl (C=O) groups is 3. The summed E-state index contributed by atoms with van der Waals surface area (Å²) in [6, 6.07) is 7.56. The molecule has 0 fully saturated rings. The van der Waals surface area contributed by atoms with Crippen molar-refractivity contribution in [2.45, 2.75) is 0 Å². The predicted molar refractivity (Wildman–Crippen MR) is 129 cm³/mol. The monoisotopic (exact) mass is 618 g/mol. The zero-order chi connectivity index (χ0) is 24.1. The van der Waals surface area contributed by atoms with E-state index in [4.69, 9.17) is 28.0 Å².